The van der Waals surface area contributed by atoms with Gasteiger partial charge < -0.3 is 0 Å². The topological polar surface area (TPSA) is 17.1 Å². The normalized spacial score (nSPS) is 11.4. The number of carbonyl (C=O) groups excluding carboxylic acids is 1. The van der Waals surface area contributed by atoms with Gasteiger partial charge in [0.05, 0.1) is 0 Å². The predicted molar refractivity (Wildman–Crippen MR) is 70.5 cm³/mol. The first-order valence-electron chi connectivity index (χ1n) is 6.32. The minimum atomic E-state index is -4.89. The molecule has 2 aromatic rings. The average Bonchev–Trinajstić information content (AvgIpc) is 2.44. The van der Waals surface area contributed by atoms with E-state index in [9.17, 15) is 22.4 Å². The molecule has 0 saturated heterocycles. The molecule has 0 heterocycles. The monoisotopic (exact) mass is 296 g/mol. The van der Waals surface area contributed by atoms with E-state index in [4.69, 9.17) is 0 Å². The van der Waals surface area contributed by atoms with Crippen LogP contribution in [-0.2, 0) is 12.6 Å². The van der Waals surface area contributed by atoms with Gasteiger partial charge in [0.1, 0.15) is 11.4 Å². The van der Waals surface area contributed by atoms with Crippen LogP contribution in [0.1, 0.15) is 27.9 Å². The summed E-state index contributed by atoms with van der Waals surface area (Å²) in [5.74, 6) is -2.14. The molecule has 0 bridgehead atoms. The third kappa shape index (κ3) is 3.68. The van der Waals surface area contributed by atoms with Crippen LogP contribution in [0.3, 0.4) is 0 Å². The molecule has 0 unspecified atom stereocenters. The zero-order valence-electron chi connectivity index (χ0n) is 11.0. The maximum absolute atomic E-state index is 13.4. The molecule has 0 aromatic heterocycles. The Bertz CT molecular complexity index is 632. The van der Waals surface area contributed by atoms with E-state index < -0.39 is 28.9 Å². The summed E-state index contributed by atoms with van der Waals surface area (Å²) in [6.07, 6.45) is -4.67. The first-order chi connectivity index (χ1) is 9.89. The summed E-state index contributed by atoms with van der Waals surface area (Å²) in [6.45, 7) is 0. The lowest BCUT2D eigenvalue weighted by Crippen LogP contribution is -2.16. The smallest absolute Gasteiger partial charge is 0.294 e. The number of rotatable bonds is 4. The van der Waals surface area contributed by atoms with Gasteiger partial charge in [-0.1, -0.05) is 42.5 Å². The zero-order chi connectivity index (χ0) is 15.5. The number of halogens is 4. The average molecular weight is 296 g/mol. The van der Waals surface area contributed by atoms with Crippen molar-refractivity contribution in [3.63, 3.8) is 0 Å². The van der Waals surface area contributed by atoms with E-state index in [2.05, 4.69) is 0 Å². The minimum absolute atomic E-state index is 0.101. The molecule has 0 spiro atoms. The van der Waals surface area contributed by atoms with Gasteiger partial charge in [-0.25, -0.2) is 4.39 Å². The Morgan fingerprint density at radius 1 is 0.952 bits per heavy atom. The van der Waals surface area contributed by atoms with Crippen molar-refractivity contribution >= 4 is 5.78 Å². The fourth-order valence-electron chi connectivity index (χ4n) is 2.08. The van der Waals surface area contributed by atoms with Gasteiger partial charge >= 0.3 is 6.18 Å². The lowest BCUT2D eigenvalue weighted by Gasteiger charge is -2.12. The van der Waals surface area contributed by atoms with E-state index >= 15 is 0 Å². The van der Waals surface area contributed by atoms with Crippen LogP contribution in [0.2, 0.25) is 0 Å². The largest absolute Gasteiger partial charge is 0.419 e. The van der Waals surface area contributed by atoms with Crippen LogP contribution in [0.15, 0.2) is 48.5 Å². The molecule has 0 aliphatic rings. The Hall–Kier alpha value is -2.17. The number of benzene rings is 2. The van der Waals surface area contributed by atoms with Gasteiger partial charge in [-0.05, 0) is 18.1 Å². The molecule has 0 amide bonds. The number of aryl methyl sites for hydroxylation is 1. The second kappa shape index (κ2) is 6.08. The van der Waals surface area contributed by atoms with Crippen molar-refractivity contribution in [2.24, 2.45) is 0 Å². The Morgan fingerprint density at radius 3 is 2.24 bits per heavy atom. The van der Waals surface area contributed by atoms with E-state index in [0.717, 1.165) is 17.7 Å². The first kappa shape index (κ1) is 15.2. The maximum atomic E-state index is 13.4. The summed E-state index contributed by atoms with van der Waals surface area (Å²) in [6, 6.07) is 11.8. The van der Waals surface area contributed by atoms with E-state index in [-0.39, 0.29) is 6.42 Å². The molecule has 0 radical (unpaired) electrons. The highest BCUT2D eigenvalue weighted by Crippen LogP contribution is 2.34. The number of carbonyl (C=O) groups is 1. The highest BCUT2D eigenvalue weighted by molar-refractivity contribution is 5.97. The van der Waals surface area contributed by atoms with Crippen LogP contribution in [0.4, 0.5) is 17.6 Å². The highest BCUT2D eigenvalue weighted by Gasteiger charge is 2.38. The lowest BCUT2D eigenvalue weighted by molar-refractivity contribution is -0.140. The summed E-state index contributed by atoms with van der Waals surface area (Å²) in [7, 11) is 0. The molecule has 0 aliphatic carbocycles. The van der Waals surface area contributed by atoms with Crippen LogP contribution in [0.25, 0.3) is 0 Å². The first-order valence-corrected chi connectivity index (χ1v) is 6.32. The van der Waals surface area contributed by atoms with Gasteiger partial charge in [0.25, 0.3) is 0 Å². The Morgan fingerprint density at radius 2 is 1.62 bits per heavy atom. The summed E-state index contributed by atoms with van der Waals surface area (Å²) >= 11 is 0. The number of Topliss-reactive ketones (excluding diaryl/α,β-unsaturated/α-hetero) is 1. The van der Waals surface area contributed by atoms with Gasteiger partial charge in [-0.2, -0.15) is 13.2 Å². The lowest BCUT2D eigenvalue weighted by atomic mass is 9.98. The quantitative estimate of drug-likeness (QED) is 0.592. The summed E-state index contributed by atoms with van der Waals surface area (Å²) in [5, 5.41) is 0. The molecule has 2 rings (SSSR count). The minimum Gasteiger partial charge on any atom is -0.294 e. The summed E-state index contributed by atoms with van der Waals surface area (Å²) in [5.41, 5.74) is -1.25. The van der Waals surface area contributed by atoms with Crippen LogP contribution in [0.5, 0.6) is 0 Å². The van der Waals surface area contributed by atoms with Crippen molar-refractivity contribution in [2.45, 2.75) is 19.0 Å². The van der Waals surface area contributed by atoms with Gasteiger partial charge in [-0.3, -0.25) is 4.79 Å². The van der Waals surface area contributed by atoms with E-state index in [1.54, 1.807) is 30.3 Å². The molecule has 0 N–H and O–H groups in total. The molecule has 5 heteroatoms. The standard InChI is InChI=1S/C16H12F4O/c17-13-8-4-7-12(15(13)16(18,19)20)14(21)10-9-11-5-2-1-3-6-11/h1-8H,9-10H2. The number of ketones is 1. The number of hydrogen-bond acceptors (Lipinski definition) is 1. The van der Waals surface area contributed by atoms with E-state index in [0.29, 0.717) is 12.5 Å². The fourth-order valence-corrected chi connectivity index (χ4v) is 2.08. The SMILES string of the molecule is O=C(CCc1ccccc1)c1cccc(F)c1C(F)(F)F. The highest BCUT2D eigenvalue weighted by atomic mass is 19.4. The van der Waals surface area contributed by atoms with Gasteiger partial charge in [0, 0.05) is 12.0 Å². The molecule has 0 atom stereocenters. The molecule has 2 aromatic carbocycles. The third-order valence-electron chi connectivity index (χ3n) is 3.08. The van der Waals surface area contributed by atoms with Crippen molar-refractivity contribution in [3.8, 4) is 0 Å². The fraction of sp³-hybridized carbons (Fsp3) is 0.188. The Kier molecular flexibility index (Phi) is 4.40. The molecule has 21 heavy (non-hydrogen) atoms. The number of hydrogen-bond donors (Lipinski definition) is 0. The molecule has 1 nitrogen and oxygen atoms in total. The molecular formula is C16H12F4O. The molecular weight excluding hydrogens is 284 g/mol. The van der Waals surface area contributed by atoms with Crippen LogP contribution < -0.4 is 0 Å². The maximum Gasteiger partial charge on any atom is 0.419 e. The summed E-state index contributed by atoms with van der Waals surface area (Å²) in [4.78, 5) is 12.0. The van der Waals surface area contributed by atoms with Crippen molar-refractivity contribution < 1.29 is 22.4 Å². The molecule has 0 fully saturated rings. The summed E-state index contributed by atoms with van der Waals surface area (Å²) < 4.78 is 51.9. The van der Waals surface area contributed by atoms with E-state index in [1.165, 1.54) is 0 Å². The molecule has 0 saturated carbocycles. The molecule has 0 aliphatic heterocycles. The van der Waals surface area contributed by atoms with Crippen molar-refractivity contribution in [1.29, 1.82) is 0 Å². The Labute approximate surface area is 119 Å². The van der Waals surface area contributed by atoms with Crippen LogP contribution in [-0.4, -0.2) is 5.78 Å². The van der Waals surface area contributed by atoms with E-state index in [1.807, 2.05) is 0 Å². The van der Waals surface area contributed by atoms with Gasteiger partial charge in [0.15, 0.2) is 5.78 Å². The second-order valence-corrected chi connectivity index (χ2v) is 4.57. The van der Waals surface area contributed by atoms with Crippen LogP contribution in [0, 0.1) is 5.82 Å². The van der Waals surface area contributed by atoms with Crippen molar-refractivity contribution in [1.82, 2.24) is 0 Å². The van der Waals surface area contributed by atoms with Crippen LogP contribution >= 0.6 is 0 Å². The predicted octanol–water partition coefficient (Wildman–Crippen LogP) is 4.66. The van der Waals surface area contributed by atoms with Gasteiger partial charge in [-0.15, -0.1) is 0 Å². The Balaban J connectivity index is 2.22. The zero-order valence-corrected chi connectivity index (χ0v) is 11.0. The van der Waals surface area contributed by atoms with Crippen molar-refractivity contribution in [2.75, 3.05) is 0 Å². The number of alkyl halides is 3. The second-order valence-electron chi connectivity index (χ2n) is 4.57. The third-order valence-corrected chi connectivity index (χ3v) is 3.08. The molecule has 110 valence electrons. The van der Waals surface area contributed by atoms with Gasteiger partial charge in [0.2, 0.25) is 0 Å². The van der Waals surface area contributed by atoms with Crippen molar-refractivity contribution in [3.05, 3.63) is 71.0 Å².